The van der Waals surface area contributed by atoms with Crippen LogP contribution in [0.25, 0.3) is 0 Å². The number of nitriles is 1. The molecular formula is C12H15N3S. The highest BCUT2D eigenvalue weighted by atomic mass is 32.2. The van der Waals surface area contributed by atoms with Gasteiger partial charge < -0.3 is 5.32 Å². The summed E-state index contributed by atoms with van der Waals surface area (Å²) in [7, 11) is 0. The third kappa shape index (κ3) is 3.95. The summed E-state index contributed by atoms with van der Waals surface area (Å²) < 4.78 is 0. The fraction of sp³-hybridized carbons (Fsp3) is 0.333. The Morgan fingerprint density at radius 1 is 1.62 bits per heavy atom. The quantitative estimate of drug-likeness (QED) is 0.606. The number of nitrogens with one attached hydrogen (secondary N) is 1. The number of thioether (sulfide) groups is 1. The van der Waals surface area contributed by atoms with Gasteiger partial charge in [0, 0.05) is 18.1 Å². The lowest BCUT2D eigenvalue weighted by Crippen LogP contribution is -2.06. The highest BCUT2D eigenvalue weighted by molar-refractivity contribution is 7.99. The lowest BCUT2D eigenvalue weighted by Gasteiger charge is -2.05. The summed E-state index contributed by atoms with van der Waals surface area (Å²) in [4.78, 5) is 4.21. The van der Waals surface area contributed by atoms with Crippen molar-refractivity contribution >= 4 is 17.6 Å². The molecule has 0 spiro atoms. The normalized spacial score (nSPS) is 9.50. The van der Waals surface area contributed by atoms with Gasteiger partial charge in [0.2, 0.25) is 0 Å². The molecular weight excluding hydrogens is 218 g/mol. The summed E-state index contributed by atoms with van der Waals surface area (Å²) in [6.07, 6.45) is 1.89. The van der Waals surface area contributed by atoms with E-state index < -0.39 is 0 Å². The molecule has 0 amide bonds. The number of anilines is 1. The van der Waals surface area contributed by atoms with Gasteiger partial charge in [0.1, 0.15) is 17.6 Å². The molecule has 1 heterocycles. The molecule has 0 saturated carbocycles. The van der Waals surface area contributed by atoms with Gasteiger partial charge in [0.05, 0.1) is 0 Å². The van der Waals surface area contributed by atoms with Gasteiger partial charge in [0.25, 0.3) is 0 Å². The Kier molecular flexibility index (Phi) is 5.44. The third-order valence-corrected chi connectivity index (χ3v) is 2.96. The molecule has 0 bridgehead atoms. The second-order valence-corrected chi connectivity index (χ2v) is 4.41. The van der Waals surface area contributed by atoms with Crippen molar-refractivity contribution in [3.05, 3.63) is 36.0 Å². The Morgan fingerprint density at radius 2 is 2.44 bits per heavy atom. The zero-order chi connectivity index (χ0) is 11.8. The molecule has 0 unspecified atom stereocenters. The molecule has 0 aliphatic carbocycles. The molecule has 0 saturated heterocycles. The minimum atomic E-state index is 0.490. The van der Waals surface area contributed by atoms with E-state index in [2.05, 4.69) is 22.9 Å². The van der Waals surface area contributed by atoms with Crippen molar-refractivity contribution in [3.63, 3.8) is 0 Å². The Bertz CT molecular complexity index is 396. The van der Waals surface area contributed by atoms with Crippen LogP contribution >= 0.6 is 11.8 Å². The lowest BCUT2D eigenvalue weighted by atomic mass is 10.2. The van der Waals surface area contributed by atoms with Crippen LogP contribution in [0.2, 0.25) is 0 Å². The van der Waals surface area contributed by atoms with Crippen molar-refractivity contribution in [1.82, 2.24) is 4.98 Å². The monoisotopic (exact) mass is 233 g/mol. The van der Waals surface area contributed by atoms with E-state index in [1.165, 1.54) is 0 Å². The van der Waals surface area contributed by atoms with E-state index in [0.717, 1.165) is 29.4 Å². The molecule has 1 N–H and O–H groups in total. The van der Waals surface area contributed by atoms with Gasteiger partial charge in [-0.05, 0) is 18.6 Å². The SMILES string of the molecule is C=CCSCCNc1ccc(C)c(C#N)n1. The second kappa shape index (κ2) is 6.91. The first-order valence-electron chi connectivity index (χ1n) is 5.08. The van der Waals surface area contributed by atoms with Gasteiger partial charge in [-0.3, -0.25) is 0 Å². The summed E-state index contributed by atoms with van der Waals surface area (Å²) in [5.74, 6) is 2.73. The Morgan fingerprint density at radius 3 is 3.12 bits per heavy atom. The van der Waals surface area contributed by atoms with E-state index in [4.69, 9.17) is 5.26 Å². The molecule has 16 heavy (non-hydrogen) atoms. The van der Waals surface area contributed by atoms with Crippen LogP contribution in [0.1, 0.15) is 11.3 Å². The van der Waals surface area contributed by atoms with Crippen molar-refractivity contribution in [1.29, 1.82) is 5.26 Å². The highest BCUT2D eigenvalue weighted by Gasteiger charge is 2.00. The fourth-order valence-electron chi connectivity index (χ4n) is 1.16. The first-order chi connectivity index (χ1) is 7.77. The standard InChI is InChI=1S/C12H15N3S/c1-3-7-16-8-6-14-12-5-4-10(2)11(9-13)15-12/h3-5H,1,6-8H2,2H3,(H,14,15). The van der Waals surface area contributed by atoms with Crippen molar-refractivity contribution in [2.45, 2.75) is 6.92 Å². The Labute approximate surface area is 101 Å². The molecule has 0 fully saturated rings. The van der Waals surface area contributed by atoms with E-state index in [-0.39, 0.29) is 0 Å². The van der Waals surface area contributed by atoms with Crippen LogP contribution in [0.15, 0.2) is 24.8 Å². The van der Waals surface area contributed by atoms with E-state index in [1.54, 1.807) is 0 Å². The number of rotatable bonds is 6. The largest absolute Gasteiger partial charge is 0.369 e. The first kappa shape index (κ1) is 12.6. The van der Waals surface area contributed by atoms with Crippen LogP contribution in [0.4, 0.5) is 5.82 Å². The van der Waals surface area contributed by atoms with Crippen LogP contribution in [0, 0.1) is 18.3 Å². The summed E-state index contributed by atoms with van der Waals surface area (Å²) in [5.41, 5.74) is 1.40. The van der Waals surface area contributed by atoms with Gasteiger partial charge in [-0.15, -0.1) is 6.58 Å². The number of pyridine rings is 1. The smallest absolute Gasteiger partial charge is 0.145 e. The zero-order valence-electron chi connectivity index (χ0n) is 9.36. The number of nitrogens with zero attached hydrogens (tertiary/aromatic N) is 2. The molecule has 0 atom stereocenters. The molecule has 0 aliphatic rings. The number of aryl methyl sites for hydroxylation is 1. The van der Waals surface area contributed by atoms with Crippen LogP contribution in [0.3, 0.4) is 0 Å². The van der Waals surface area contributed by atoms with Crippen LogP contribution < -0.4 is 5.32 Å². The van der Waals surface area contributed by atoms with Gasteiger partial charge in [-0.1, -0.05) is 12.1 Å². The van der Waals surface area contributed by atoms with E-state index >= 15 is 0 Å². The van der Waals surface area contributed by atoms with Gasteiger partial charge >= 0.3 is 0 Å². The first-order valence-corrected chi connectivity index (χ1v) is 6.23. The molecule has 1 rings (SSSR count). The molecule has 0 radical (unpaired) electrons. The maximum atomic E-state index is 8.83. The summed E-state index contributed by atoms with van der Waals surface area (Å²) in [6.45, 7) is 6.39. The van der Waals surface area contributed by atoms with Gasteiger partial charge in [-0.25, -0.2) is 4.98 Å². The molecule has 3 nitrogen and oxygen atoms in total. The van der Waals surface area contributed by atoms with Crippen LogP contribution in [-0.4, -0.2) is 23.0 Å². The molecule has 1 aromatic rings. The number of hydrogen-bond donors (Lipinski definition) is 1. The summed E-state index contributed by atoms with van der Waals surface area (Å²) >= 11 is 1.81. The predicted molar refractivity (Wildman–Crippen MR) is 69.7 cm³/mol. The lowest BCUT2D eigenvalue weighted by molar-refractivity contribution is 1.14. The number of hydrogen-bond acceptors (Lipinski definition) is 4. The fourth-order valence-corrected chi connectivity index (χ4v) is 1.74. The molecule has 84 valence electrons. The minimum Gasteiger partial charge on any atom is -0.369 e. The maximum absolute atomic E-state index is 8.83. The number of aromatic nitrogens is 1. The van der Waals surface area contributed by atoms with Crippen molar-refractivity contribution in [2.24, 2.45) is 0 Å². The predicted octanol–water partition coefficient (Wildman–Crippen LogP) is 2.59. The topological polar surface area (TPSA) is 48.7 Å². The summed E-state index contributed by atoms with van der Waals surface area (Å²) in [5, 5.41) is 12.0. The van der Waals surface area contributed by atoms with Crippen molar-refractivity contribution < 1.29 is 0 Å². The third-order valence-electron chi connectivity index (χ3n) is 1.99. The highest BCUT2D eigenvalue weighted by Crippen LogP contribution is 2.09. The van der Waals surface area contributed by atoms with Crippen molar-refractivity contribution in [2.75, 3.05) is 23.4 Å². The molecule has 0 aromatic carbocycles. The minimum absolute atomic E-state index is 0.490. The average Bonchev–Trinajstić information content (AvgIpc) is 2.31. The van der Waals surface area contributed by atoms with Gasteiger partial charge in [0.15, 0.2) is 0 Å². The van der Waals surface area contributed by atoms with E-state index in [1.807, 2.05) is 36.9 Å². The Balaban J connectivity index is 2.43. The Hall–Kier alpha value is -1.47. The molecule has 4 heteroatoms. The molecule has 0 aliphatic heterocycles. The maximum Gasteiger partial charge on any atom is 0.145 e. The average molecular weight is 233 g/mol. The van der Waals surface area contributed by atoms with E-state index in [0.29, 0.717) is 5.69 Å². The van der Waals surface area contributed by atoms with E-state index in [9.17, 15) is 0 Å². The van der Waals surface area contributed by atoms with Crippen LogP contribution in [0.5, 0.6) is 0 Å². The summed E-state index contributed by atoms with van der Waals surface area (Å²) in [6, 6.07) is 5.88. The van der Waals surface area contributed by atoms with Crippen LogP contribution in [-0.2, 0) is 0 Å². The van der Waals surface area contributed by atoms with Gasteiger partial charge in [-0.2, -0.15) is 17.0 Å². The molecule has 1 aromatic heterocycles. The second-order valence-electron chi connectivity index (χ2n) is 3.26. The zero-order valence-corrected chi connectivity index (χ0v) is 10.2. The van der Waals surface area contributed by atoms with Crippen molar-refractivity contribution in [3.8, 4) is 6.07 Å².